The molecule has 0 aliphatic carbocycles. The number of furan rings is 1. The van der Waals surface area contributed by atoms with Gasteiger partial charge in [0.2, 0.25) is 0 Å². The van der Waals surface area contributed by atoms with Gasteiger partial charge in [0, 0.05) is 10.9 Å². The van der Waals surface area contributed by atoms with Gasteiger partial charge in [-0.25, -0.2) is 0 Å². The Morgan fingerprint density at radius 1 is 1.46 bits per heavy atom. The number of rotatable bonds is 2. The zero-order valence-corrected chi connectivity index (χ0v) is 7.97. The largest absolute Gasteiger partial charge is 0.493 e. The molecule has 13 heavy (non-hydrogen) atoms. The van der Waals surface area contributed by atoms with Gasteiger partial charge in [-0.15, -0.1) is 11.6 Å². The fourth-order valence-corrected chi connectivity index (χ4v) is 1.55. The third-order valence-corrected chi connectivity index (χ3v) is 2.30. The van der Waals surface area contributed by atoms with Crippen LogP contribution in [-0.2, 0) is 5.88 Å². The molecule has 1 aromatic heterocycles. The van der Waals surface area contributed by atoms with Crippen molar-refractivity contribution < 1.29 is 9.15 Å². The second kappa shape index (κ2) is 3.30. The van der Waals surface area contributed by atoms with E-state index >= 15 is 0 Å². The number of fused-ring (bicyclic) bond motifs is 1. The molecule has 0 aliphatic rings. The van der Waals surface area contributed by atoms with E-state index in [0.29, 0.717) is 5.88 Å². The van der Waals surface area contributed by atoms with Crippen molar-refractivity contribution in [1.29, 1.82) is 0 Å². The average Bonchev–Trinajstić information content (AvgIpc) is 2.60. The van der Waals surface area contributed by atoms with Gasteiger partial charge < -0.3 is 9.15 Å². The van der Waals surface area contributed by atoms with Crippen LogP contribution in [0.2, 0.25) is 0 Å². The highest BCUT2D eigenvalue weighted by atomic mass is 35.5. The van der Waals surface area contributed by atoms with Crippen LogP contribution in [0.25, 0.3) is 11.0 Å². The molecule has 0 radical (unpaired) electrons. The maximum Gasteiger partial charge on any atom is 0.176 e. The molecule has 0 aliphatic heterocycles. The van der Waals surface area contributed by atoms with Crippen molar-refractivity contribution in [3.63, 3.8) is 0 Å². The fraction of sp³-hybridized carbons (Fsp3) is 0.200. The van der Waals surface area contributed by atoms with Gasteiger partial charge in [0.25, 0.3) is 0 Å². The smallest absolute Gasteiger partial charge is 0.176 e. The number of hydrogen-bond acceptors (Lipinski definition) is 2. The first-order chi connectivity index (χ1) is 6.36. The molecule has 0 fully saturated rings. The Morgan fingerprint density at radius 2 is 2.31 bits per heavy atom. The molecule has 2 rings (SSSR count). The number of para-hydroxylation sites is 1. The standard InChI is InChI=1S/C10H9ClO2/c1-12-9-4-2-3-8-7(5-11)6-13-10(8)9/h2-4,6H,5H2,1H3. The fourth-order valence-electron chi connectivity index (χ4n) is 1.35. The molecule has 0 saturated carbocycles. The molecule has 2 nitrogen and oxygen atoms in total. The van der Waals surface area contributed by atoms with E-state index in [1.54, 1.807) is 13.4 Å². The molecule has 0 bridgehead atoms. The second-order valence-electron chi connectivity index (χ2n) is 2.73. The predicted octanol–water partition coefficient (Wildman–Crippen LogP) is 3.18. The minimum atomic E-state index is 0.458. The van der Waals surface area contributed by atoms with Gasteiger partial charge in [-0.2, -0.15) is 0 Å². The average molecular weight is 197 g/mol. The normalized spacial score (nSPS) is 10.6. The van der Waals surface area contributed by atoms with Crippen LogP contribution in [0.4, 0.5) is 0 Å². The molecule has 0 amide bonds. The first kappa shape index (κ1) is 8.45. The lowest BCUT2D eigenvalue weighted by molar-refractivity contribution is 0.410. The molecule has 0 spiro atoms. The molecule has 2 aromatic rings. The van der Waals surface area contributed by atoms with E-state index in [4.69, 9.17) is 20.8 Å². The van der Waals surface area contributed by atoms with Crippen molar-refractivity contribution in [3.8, 4) is 5.75 Å². The Kier molecular flexibility index (Phi) is 2.15. The molecular weight excluding hydrogens is 188 g/mol. The Morgan fingerprint density at radius 3 is 3.00 bits per heavy atom. The van der Waals surface area contributed by atoms with Gasteiger partial charge in [-0.3, -0.25) is 0 Å². The molecule has 3 heteroatoms. The molecule has 1 heterocycles. The summed E-state index contributed by atoms with van der Waals surface area (Å²) >= 11 is 5.74. The van der Waals surface area contributed by atoms with E-state index in [0.717, 1.165) is 22.3 Å². The number of hydrogen-bond donors (Lipinski definition) is 0. The van der Waals surface area contributed by atoms with Crippen molar-refractivity contribution in [2.75, 3.05) is 7.11 Å². The van der Waals surface area contributed by atoms with Crippen LogP contribution in [0, 0.1) is 0 Å². The number of benzene rings is 1. The predicted molar refractivity (Wildman–Crippen MR) is 52.3 cm³/mol. The summed E-state index contributed by atoms with van der Waals surface area (Å²) in [6.07, 6.45) is 1.67. The first-order valence-electron chi connectivity index (χ1n) is 3.96. The van der Waals surface area contributed by atoms with Crippen molar-refractivity contribution in [3.05, 3.63) is 30.0 Å². The lowest BCUT2D eigenvalue weighted by Gasteiger charge is -1.98. The van der Waals surface area contributed by atoms with E-state index in [1.165, 1.54) is 0 Å². The number of methoxy groups -OCH3 is 1. The number of alkyl halides is 1. The minimum Gasteiger partial charge on any atom is -0.493 e. The van der Waals surface area contributed by atoms with E-state index in [9.17, 15) is 0 Å². The van der Waals surface area contributed by atoms with Gasteiger partial charge in [0.05, 0.1) is 19.3 Å². The maximum absolute atomic E-state index is 5.74. The van der Waals surface area contributed by atoms with Gasteiger partial charge in [-0.05, 0) is 6.07 Å². The quantitative estimate of drug-likeness (QED) is 0.689. The first-order valence-corrected chi connectivity index (χ1v) is 4.49. The Bertz CT molecular complexity index is 420. The van der Waals surface area contributed by atoms with Crippen molar-refractivity contribution in [2.45, 2.75) is 5.88 Å². The van der Waals surface area contributed by atoms with Crippen LogP contribution in [0.3, 0.4) is 0 Å². The summed E-state index contributed by atoms with van der Waals surface area (Å²) in [6, 6.07) is 5.76. The zero-order valence-electron chi connectivity index (χ0n) is 7.21. The van der Waals surface area contributed by atoms with Gasteiger partial charge in [-0.1, -0.05) is 12.1 Å². The van der Waals surface area contributed by atoms with E-state index in [1.807, 2.05) is 18.2 Å². The Hall–Kier alpha value is -1.15. The lowest BCUT2D eigenvalue weighted by atomic mass is 10.2. The lowest BCUT2D eigenvalue weighted by Crippen LogP contribution is -1.82. The van der Waals surface area contributed by atoms with Crippen LogP contribution in [-0.4, -0.2) is 7.11 Å². The van der Waals surface area contributed by atoms with Crippen molar-refractivity contribution >= 4 is 22.6 Å². The minimum absolute atomic E-state index is 0.458. The summed E-state index contributed by atoms with van der Waals surface area (Å²) in [5.74, 6) is 1.20. The van der Waals surface area contributed by atoms with Crippen LogP contribution < -0.4 is 4.74 Å². The molecule has 0 unspecified atom stereocenters. The van der Waals surface area contributed by atoms with E-state index in [-0.39, 0.29) is 0 Å². The highest BCUT2D eigenvalue weighted by Gasteiger charge is 2.08. The van der Waals surface area contributed by atoms with Crippen LogP contribution >= 0.6 is 11.6 Å². The van der Waals surface area contributed by atoms with E-state index < -0.39 is 0 Å². The number of ether oxygens (including phenoxy) is 1. The summed E-state index contributed by atoms with van der Waals surface area (Å²) in [7, 11) is 1.62. The second-order valence-corrected chi connectivity index (χ2v) is 3.00. The van der Waals surface area contributed by atoms with Crippen molar-refractivity contribution in [2.24, 2.45) is 0 Å². The van der Waals surface area contributed by atoms with E-state index in [2.05, 4.69) is 0 Å². The Labute approximate surface area is 81.1 Å². The summed E-state index contributed by atoms with van der Waals surface area (Å²) < 4.78 is 10.5. The SMILES string of the molecule is COc1cccc2c(CCl)coc12. The monoisotopic (exact) mass is 196 g/mol. The molecule has 0 atom stereocenters. The number of halogens is 1. The highest BCUT2D eigenvalue weighted by Crippen LogP contribution is 2.29. The summed E-state index contributed by atoms with van der Waals surface area (Å²) in [5.41, 5.74) is 1.76. The summed E-state index contributed by atoms with van der Waals surface area (Å²) in [5, 5.41) is 1.02. The van der Waals surface area contributed by atoms with Gasteiger partial charge in [0.1, 0.15) is 0 Å². The topological polar surface area (TPSA) is 22.4 Å². The maximum atomic E-state index is 5.74. The molecular formula is C10H9ClO2. The third-order valence-electron chi connectivity index (χ3n) is 2.01. The zero-order chi connectivity index (χ0) is 9.26. The Balaban J connectivity index is 2.72. The summed E-state index contributed by atoms with van der Waals surface area (Å²) in [4.78, 5) is 0. The molecule has 0 saturated heterocycles. The van der Waals surface area contributed by atoms with Crippen LogP contribution in [0.5, 0.6) is 5.75 Å². The molecule has 0 N–H and O–H groups in total. The third kappa shape index (κ3) is 1.27. The van der Waals surface area contributed by atoms with Crippen LogP contribution in [0.15, 0.2) is 28.9 Å². The molecule has 1 aromatic carbocycles. The summed E-state index contributed by atoms with van der Waals surface area (Å²) in [6.45, 7) is 0. The molecule has 68 valence electrons. The van der Waals surface area contributed by atoms with Gasteiger partial charge in [0.15, 0.2) is 11.3 Å². The van der Waals surface area contributed by atoms with Crippen LogP contribution in [0.1, 0.15) is 5.56 Å². The van der Waals surface area contributed by atoms with Crippen molar-refractivity contribution in [1.82, 2.24) is 0 Å². The van der Waals surface area contributed by atoms with Gasteiger partial charge >= 0.3 is 0 Å². The highest BCUT2D eigenvalue weighted by molar-refractivity contribution is 6.18.